The molecule has 2 aromatic rings. The Labute approximate surface area is 142 Å². The van der Waals surface area contributed by atoms with E-state index >= 15 is 0 Å². The summed E-state index contributed by atoms with van der Waals surface area (Å²) in [5, 5.41) is 4.42. The number of carbonyl (C=O) groups excluding carboxylic acids is 1. The summed E-state index contributed by atoms with van der Waals surface area (Å²) in [7, 11) is -3.04. The van der Waals surface area contributed by atoms with E-state index in [2.05, 4.69) is 5.10 Å². The first-order valence-electron chi connectivity index (χ1n) is 8.05. The molecule has 1 amide bonds. The van der Waals surface area contributed by atoms with Gasteiger partial charge in [0.05, 0.1) is 22.9 Å². The molecule has 0 radical (unpaired) electrons. The number of carbonyl (C=O) groups is 1. The number of sulfone groups is 1. The average Bonchev–Trinajstić information content (AvgIpc) is 3.11. The molecule has 1 aliphatic heterocycles. The van der Waals surface area contributed by atoms with E-state index in [1.165, 1.54) is 0 Å². The van der Waals surface area contributed by atoms with Crippen LogP contribution in [0.15, 0.2) is 36.4 Å². The van der Waals surface area contributed by atoms with Crippen molar-refractivity contribution in [3.05, 3.63) is 47.8 Å². The Kier molecular flexibility index (Phi) is 4.45. The quantitative estimate of drug-likeness (QED) is 0.846. The van der Waals surface area contributed by atoms with Crippen LogP contribution in [-0.2, 0) is 9.84 Å². The van der Waals surface area contributed by atoms with Crippen molar-refractivity contribution in [2.45, 2.75) is 26.3 Å². The third-order valence-electron chi connectivity index (χ3n) is 4.30. The van der Waals surface area contributed by atoms with Gasteiger partial charge in [0.1, 0.15) is 5.69 Å². The summed E-state index contributed by atoms with van der Waals surface area (Å²) in [6.45, 7) is 4.18. The first-order valence-corrected chi connectivity index (χ1v) is 9.87. The zero-order valence-electron chi connectivity index (χ0n) is 13.8. The van der Waals surface area contributed by atoms with E-state index in [-0.39, 0.29) is 23.5 Å². The van der Waals surface area contributed by atoms with E-state index in [1.807, 2.05) is 44.2 Å². The summed E-state index contributed by atoms with van der Waals surface area (Å²) in [5.41, 5.74) is 2.02. The highest BCUT2D eigenvalue weighted by molar-refractivity contribution is 7.91. The number of benzene rings is 1. The lowest BCUT2D eigenvalue weighted by Gasteiger charge is -2.27. The summed E-state index contributed by atoms with van der Waals surface area (Å²) in [6.07, 6.45) is 0.500. The van der Waals surface area contributed by atoms with Gasteiger partial charge in [-0.2, -0.15) is 5.10 Å². The van der Waals surface area contributed by atoms with Crippen molar-refractivity contribution in [3.63, 3.8) is 0 Å². The Morgan fingerprint density at radius 2 is 2.04 bits per heavy atom. The molecule has 0 bridgehead atoms. The van der Waals surface area contributed by atoms with E-state index in [4.69, 9.17) is 0 Å². The maximum Gasteiger partial charge on any atom is 0.272 e. The third kappa shape index (κ3) is 3.21. The fraction of sp³-hybridized carbons (Fsp3) is 0.412. The Morgan fingerprint density at radius 3 is 2.62 bits per heavy atom. The first-order chi connectivity index (χ1) is 11.4. The molecule has 1 saturated heterocycles. The number of rotatable bonds is 4. The molecule has 0 N–H and O–H groups in total. The van der Waals surface area contributed by atoms with Crippen LogP contribution in [0, 0.1) is 6.92 Å². The van der Waals surface area contributed by atoms with Crippen LogP contribution in [0.25, 0.3) is 5.69 Å². The highest BCUT2D eigenvalue weighted by Crippen LogP contribution is 2.21. The number of hydrogen-bond donors (Lipinski definition) is 0. The summed E-state index contributed by atoms with van der Waals surface area (Å²) >= 11 is 0. The fourth-order valence-corrected chi connectivity index (χ4v) is 4.88. The molecule has 0 aliphatic carbocycles. The van der Waals surface area contributed by atoms with Gasteiger partial charge in [0.25, 0.3) is 5.91 Å². The fourth-order valence-electron chi connectivity index (χ4n) is 3.15. The molecule has 128 valence electrons. The predicted octanol–water partition coefficient (Wildman–Crippen LogP) is 1.83. The zero-order valence-corrected chi connectivity index (χ0v) is 14.7. The van der Waals surface area contributed by atoms with Gasteiger partial charge >= 0.3 is 0 Å². The van der Waals surface area contributed by atoms with Crippen LogP contribution in [0.4, 0.5) is 0 Å². The number of para-hydroxylation sites is 1. The van der Waals surface area contributed by atoms with E-state index in [9.17, 15) is 13.2 Å². The minimum absolute atomic E-state index is 0.0467. The normalized spacial score (nSPS) is 19.3. The van der Waals surface area contributed by atoms with Crippen LogP contribution in [0.5, 0.6) is 0 Å². The van der Waals surface area contributed by atoms with Gasteiger partial charge in [-0.25, -0.2) is 13.1 Å². The van der Waals surface area contributed by atoms with Gasteiger partial charge in [-0.05, 0) is 38.5 Å². The van der Waals surface area contributed by atoms with Crippen LogP contribution in [-0.4, -0.2) is 53.1 Å². The van der Waals surface area contributed by atoms with Crippen molar-refractivity contribution in [3.8, 4) is 5.69 Å². The third-order valence-corrected chi connectivity index (χ3v) is 6.05. The summed E-state index contributed by atoms with van der Waals surface area (Å²) in [5.74, 6) is 0.0211. The topological polar surface area (TPSA) is 72.3 Å². The molecule has 7 heteroatoms. The molecule has 1 aromatic heterocycles. The van der Waals surface area contributed by atoms with E-state index in [0.29, 0.717) is 18.7 Å². The van der Waals surface area contributed by atoms with Gasteiger partial charge in [-0.3, -0.25) is 4.79 Å². The average molecular weight is 347 g/mol. The minimum atomic E-state index is -3.04. The number of hydrogen-bond acceptors (Lipinski definition) is 4. The number of aryl methyl sites for hydroxylation is 1. The SMILES string of the molecule is CCN(C(=O)c1cc(C)nn1-c1ccccc1)C1CCS(=O)(=O)C1. The second kappa shape index (κ2) is 6.39. The lowest BCUT2D eigenvalue weighted by molar-refractivity contribution is 0.0699. The molecular formula is C17H21N3O3S. The van der Waals surface area contributed by atoms with Crippen LogP contribution in [0.2, 0.25) is 0 Å². The second-order valence-electron chi connectivity index (χ2n) is 6.07. The van der Waals surface area contributed by atoms with Crippen molar-refractivity contribution in [2.75, 3.05) is 18.1 Å². The molecule has 6 nitrogen and oxygen atoms in total. The van der Waals surface area contributed by atoms with E-state index in [1.54, 1.807) is 15.6 Å². The van der Waals surface area contributed by atoms with Gasteiger partial charge < -0.3 is 4.90 Å². The lowest BCUT2D eigenvalue weighted by atomic mass is 10.2. The highest BCUT2D eigenvalue weighted by atomic mass is 32.2. The molecule has 1 unspecified atom stereocenters. The summed E-state index contributed by atoms with van der Waals surface area (Å²) in [6, 6.07) is 11.0. The van der Waals surface area contributed by atoms with E-state index < -0.39 is 9.84 Å². The van der Waals surface area contributed by atoms with E-state index in [0.717, 1.165) is 11.4 Å². The number of amides is 1. The van der Waals surface area contributed by atoms with Gasteiger partial charge in [0.2, 0.25) is 0 Å². The van der Waals surface area contributed by atoms with Crippen molar-refractivity contribution in [2.24, 2.45) is 0 Å². The molecule has 1 atom stereocenters. The Morgan fingerprint density at radius 1 is 1.33 bits per heavy atom. The molecular weight excluding hydrogens is 326 g/mol. The van der Waals surface area contributed by atoms with Crippen molar-refractivity contribution in [1.29, 1.82) is 0 Å². The molecule has 1 aliphatic rings. The van der Waals surface area contributed by atoms with Crippen molar-refractivity contribution in [1.82, 2.24) is 14.7 Å². The van der Waals surface area contributed by atoms with Gasteiger partial charge in [-0.1, -0.05) is 18.2 Å². The maximum atomic E-state index is 13.1. The molecule has 24 heavy (non-hydrogen) atoms. The number of nitrogens with zero attached hydrogens (tertiary/aromatic N) is 3. The first kappa shape index (κ1) is 16.7. The summed E-state index contributed by atoms with van der Waals surface area (Å²) in [4.78, 5) is 14.7. The van der Waals surface area contributed by atoms with Crippen molar-refractivity contribution >= 4 is 15.7 Å². The Balaban J connectivity index is 1.95. The molecule has 1 fully saturated rings. The zero-order chi connectivity index (χ0) is 17.3. The Bertz CT molecular complexity index is 843. The van der Waals surface area contributed by atoms with Crippen LogP contribution < -0.4 is 0 Å². The highest BCUT2D eigenvalue weighted by Gasteiger charge is 2.35. The van der Waals surface area contributed by atoms with Gasteiger partial charge in [-0.15, -0.1) is 0 Å². The lowest BCUT2D eigenvalue weighted by Crippen LogP contribution is -2.41. The minimum Gasteiger partial charge on any atom is -0.334 e. The van der Waals surface area contributed by atoms with Gasteiger partial charge in [0.15, 0.2) is 9.84 Å². The standard InChI is InChI=1S/C17H21N3O3S/c1-3-19(15-9-10-24(22,23)12-15)17(21)16-11-13(2)18-20(16)14-7-5-4-6-8-14/h4-8,11,15H,3,9-10,12H2,1-2H3. The Hall–Kier alpha value is -2.15. The van der Waals surface area contributed by atoms with Crippen LogP contribution in [0.1, 0.15) is 29.5 Å². The predicted molar refractivity (Wildman–Crippen MR) is 92.1 cm³/mol. The van der Waals surface area contributed by atoms with Crippen LogP contribution >= 0.6 is 0 Å². The molecule has 2 heterocycles. The molecule has 0 spiro atoms. The van der Waals surface area contributed by atoms with Gasteiger partial charge in [0, 0.05) is 12.6 Å². The second-order valence-corrected chi connectivity index (χ2v) is 8.30. The monoisotopic (exact) mass is 347 g/mol. The molecule has 0 saturated carbocycles. The molecule has 1 aromatic carbocycles. The maximum absolute atomic E-state index is 13.1. The smallest absolute Gasteiger partial charge is 0.272 e. The van der Waals surface area contributed by atoms with Crippen LogP contribution in [0.3, 0.4) is 0 Å². The van der Waals surface area contributed by atoms with Crippen molar-refractivity contribution < 1.29 is 13.2 Å². The number of aromatic nitrogens is 2. The summed E-state index contributed by atoms with van der Waals surface area (Å²) < 4.78 is 25.1. The largest absolute Gasteiger partial charge is 0.334 e. The molecule has 3 rings (SSSR count).